The fourth-order valence-corrected chi connectivity index (χ4v) is 3.59. The number of ether oxygens (including phenoxy) is 4. The average Bonchev–Trinajstić information content (AvgIpc) is 2.93. The molecule has 2 aliphatic heterocycles. The molecular weight excluding hydrogens is 420 g/mol. The van der Waals surface area contributed by atoms with Gasteiger partial charge in [0.1, 0.15) is 24.9 Å². The number of esters is 1. The molecule has 0 radical (unpaired) electrons. The Kier molecular flexibility index (Phi) is 6.60. The lowest BCUT2D eigenvalue weighted by molar-refractivity contribution is -0.225. The van der Waals surface area contributed by atoms with Crippen LogP contribution < -0.4 is 0 Å². The van der Waals surface area contributed by atoms with E-state index < -0.39 is 63.2 Å². The number of hydrogen-bond donors (Lipinski definition) is 0. The number of carbonyl (C=O) groups excluding carboxylic acids is 1. The zero-order valence-corrected chi connectivity index (χ0v) is 17.8. The van der Waals surface area contributed by atoms with Crippen LogP contribution in [0.1, 0.15) is 20.8 Å². The topological polar surface area (TPSA) is 141 Å². The molecule has 28 heavy (non-hydrogen) atoms. The average molecular weight is 444 g/mol. The lowest BCUT2D eigenvalue weighted by Gasteiger charge is -2.31. The van der Waals surface area contributed by atoms with Crippen LogP contribution in [0.5, 0.6) is 0 Å². The number of carbonyl (C=O) groups is 1. The second kappa shape index (κ2) is 7.97. The third-order valence-corrected chi connectivity index (χ3v) is 4.90. The molecule has 2 atom stereocenters. The maximum atomic E-state index is 12.1. The van der Waals surface area contributed by atoms with Crippen molar-refractivity contribution in [1.82, 2.24) is 0 Å². The molecule has 0 unspecified atom stereocenters. The van der Waals surface area contributed by atoms with Crippen LogP contribution in [0.3, 0.4) is 0 Å². The Morgan fingerprint density at radius 3 is 2.04 bits per heavy atom. The van der Waals surface area contributed by atoms with E-state index in [0.29, 0.717) is 0 Å². The Morgan fingerprint density at radius 1 is 1.04 bits per heavy atom. The first-order valence-corrected chi connectivity index (χ1v) is 11.9. The van der Waals surface area contributed by atoms with Gasteiger partial charge in [0.05, 0.1) is 19.1 Å². The molecule has 2 saturated heterocycles. The predicted octanol–water partition coefficient (Wildman–Crippen LogP) is -0.325. The minimum absolute atomic E-state index is 0.0904. The molecule has 0 bridgehead atoms. The fourth-order valence-electron chi connectivity index (χ4n) is 2.78. The fraction of sp³-hybridized carbons (Fsp3) is 0.800. The first-order valence-electron chi connectivity index (χ1n) is 8.27. The van der Waals surface area contributed by atoms with Crippen molar-refractivity contribution >= 4 is 26.2 Å². The minimum Gasteiger partial charge on any atom is -0.463 e. The Labute approximate surface area is 164 Å². The van der Waals surface area contributed by atoms with Gasteiger partial charge in [0.15, 0.2) is 12.1 Å². The first kappa shape index (κ1) is 23.2. The number of fused-ring (bicyclic) bond motifs is 1. The van der Waals surface area contributed by atoms with Gasteiger partial charge in [0.25, 0.3) is 20.2 Å². The molecule has 2 aliphatic rings. The Morgan fingerprint density at radius 2 is 1.57 bits per heavy atom. The monoisotopic (exact) mass is 444 g/mol. The zero-order valence-electron chi connectivity index (χ0n) is 16.2. The van der Waals surface area contributed by atoms with Gasteiger partial charge in [-0.3, -0.25) is 8.37 Å². The van der Waals surface area contributed by atoms with Crippen LogP contribution in [0.15, 0.2) is 11.6 Å². The highest BCUT2D eigenvalue weighted by molar-refractivity contribution is 7.86. The molecule has 0 aromatic heterocycles. The molecule has 2 rings (SSSR count). The molecule has 0 spiro atoms. The quantitative estimate of drug-likeness (QED) is 0.276. The Hall–Kier alpha value is -1.09. The summed E-state index contributed by atoms with van der Waals surface area (Å²) in [5, 5.41) is 0. The number of hydrogen-bond acceptors (Lipinski definition) is 11. The smallest absolute Gasteiger partial charge is 0.330 e. The summed E-state index contributed by atoms with van der Waals surface area (Å²) in [6.45, 7) is 3.62. The van der Waals surface area contributed by atoms with Crippen LogP contribution in [0.2, 0.25) is 0 Å². The largest absolute Gasteiger partial charge is 0.463 e. The summed E-state index contributed by atoms with van der Waals surface area (Å²) in [6, 6.07) is 0. The van der Waals surface area contributed by atoms with E-state index in [0.717, 1.165) is 18.6 Å². The molecule has 0 aromatic carbocycles. The van der Waals surface area contributed by atoms with Crippen LogP contribution >= 0.6 is 0 Å². The van der Waals surface area contributed by atoms with Gasteiger partial charge < -0.3 is 18.9 Å². The van der Waals surface area contributed by atoms with E-state index in [1.807, 2.05) is 0 Å². The summed E-state index contributed by atoms with van der Waals surface area (Å²) < 4.78 is 77.7. The van der Waals surface area contributed by atoms with E-state index >= 15 is 0 Å². The van der Waals surface area contributed by atoms with Gasteiger partial charge in [-0.15, -0.1) is 0 Å². The van der Waals surface area contributed by atoms with E-state index in [9.17, 15) is 21.6 Å². The molecule has 0 N–H and O–H groups in total. The van der Waals surface area contributed by atoms with Gasteiger partial charge in [0, 0.05) is 11.6 Å². The van der Waals surface area contributed by atoms with Crippen molar-refractivity contribution in [3.63, 3.8) is 0 Å². The van der Waals surface area contributed by atoms with Crippen molar-refractivity contribution in [3.05, 3.63) is 11.6 Å². The molecule has 2 fully saturated rings. The zero-order chi connectivity index (χ0) is 21.4. The highest BCUT2D eigenvalue weighted by atomic mass is 32.2. The second-order valence-corrected chi connectivity index (χ2v) is 10.1. The molecular formula is C15H24O11S2. The van der Waals surface area contributed by atoms with Crippen molar-refractivity contribution < 1.29 is 48.9 Å². The normalized spacial score (nSPS) is 27.7. The van der Waals surface area contributed by atoms with E-state index in [2.05, 4.69) is 0 Å². The second-order valence-electron chi connectivity index (χ2n) is 6.82. The van der Waals surface area contributed by atoms with E-state index in [-0.39, 0.29) is 12.2 Å². The van der Waals surface area contributed by atoms with Crippen LogP contribution in [0.4, 0.5) is 0 Å². The summed E-state index contributed by atoms with van der Waals surface area (Å²) in [5.74, 6) is -1.80. The minimum atomic E-state index is -3.92. The summed E-state index contributed by atoms with van der Waals surface area (Å²) in [5.41, 5.74) is -1.68. The highest BCUT2D eigenvalue weighted by Gasteiger charge is 2.59. The molecule has 0 aromatic rings. The maximum absolute atomic E-state index is 12.1. The predicted molar refractivity (Wildman–Crippen MR) is 93.9 cm³/mol. The summed E-state index contributed by atoms with van der Waals surface area (Å²) >= 11 is 0. The van der Waals surface area contributed by atoms with Crippen LogP contribution in [-0.2, 0) is 52.3 Å². The Balaban J connectivity index is 2.47. The standard InChI is InChI=1S/C15H24O11S2/c1-6-21-11(16)7-10-12-13(25-14(2,3)24-12)26-15(10,8-22-27(4,17)18)9-23-28(5,19)20/h7,12-13H,6,8-9H2,1-5H3/t12-,13+/m1/s1. The van der Waals surface area contributed by atoms with Gasteiger partial charge in [-0.25, -0.2) is 4.79 Å². The van der Waals surface area contributed by atoms with Gasteiger partial charge >= 0.3 is 5.97 Å². The summed E-state index contributed by atoms with van der Waals surface area (Å²) in [7, 11) is -7.84. The molecule has 11 nitrogen and oxygen atoms in total. The maximum Gasteiger partial charge on any atom is 0.330 e. The van der Waals surface area contributed by atoms with Crippen molar-refractivity contribution in [2.24, 2.45) is 0 Å². The van der Waals surface area contributed by atoms with Gasteiger partial charge in [-0.2, -0.15) is 16.8 Å². The molecule has 0 aliphatic carbocycles. The van der Waals surface area contributed by atoms with Crippen molar-refractivity contribution in [2.75, 3.05) is 32.3 Å². The number of rotatable bonds is 8. The molecule has 2 heterocycles. The third kappa shape index (κ3) is 5.95. The van der Waals surface area contributed by atoms with Gasteiger partial charge in [-0.1, -0.05) is 0 Å². The first-order chi connectivity index (χ1) is 12.7. The lowest BCUT2D eigenvalue weighted by Crippen LogP contribution is -2.45. The van der Waals surface area contributed by atoms with E-state index in [4.69, 9.17) is 27.3 Å². The van der Waals surface area contributed by atoms with Gasteiger partial charge in [-0.05, 0) is 20.8 Å². The lowest BCUT2D eigenvalue weighted by atomic mass is 9.93. The Bertz CT molecular complexity index is 805. The molecule has 0 saturated carbocycles. The highest BCUT2D eigenvalue weighted by Crippen LogP contribution is 2.46. The van der Waals surface area contributed by atoms with E-state index in [1.165, 1.54) is 0 Å². The van der Waals surface area contributed by atoms with Gasteiger partial charge in [0.2, 0.25) is 0 Å². The summed E-state index contributed by atoms with van der Waals surface area (Å²) in [6.07, 6.45) is 0.723. The van der Waals surface area contributed by atoms with Crippen molar-refractivity contribution in [2.45, 2.75) is 44.6 Å². The SMILES string of the molecule is CCOC(=O)C=C1[C@H]2OC(C)(C)O[C@H]2OC1(COS(C)(=O)=O)COS(C)(=O)=O. The van der Waals surface area contributed by atoms with Crippen LogP contribution in [-0.4, -0.2) is 78.9 Å². The summed E-state index contributed by atoms with van der Waals surface area (Å²) in [4.78, 5) is 12.1. The van der Waals surface area contributed by atoms with Crippen molar-refractivity contribution in [1.29, 1.82) is 0 Å². The molecule has 13 heteroatoms. The third-order valence-electron chi connectivity index (χ3n) is 3.80. The molecule has 0 amide bonds. The van der Waals surface area contributed by atoms with Crippen LogP contribution in [0.25, 0.3) is 0 Å². The molecule has 162 valence electrons. The van der Waals surface area contributed by atoms with Crippen molar-refractivity contribution in [3.8, 4) is 0 Å². The van der Waals surface area contributed by atoms with E-state index in [1.54, 1.807) is 20.8 Å². The van der Waals surface area contributed by atoms with Crippen LogP contribution in [0, 0.1) is 0 Å².